The van der Waals surface area contributed by atoms with Gasteiger partial charge in [0.05, 0.1) is 22.9 Å². The predicted octanol–water partition coefficient (Wildman–Crippen LogP) is 1.88. The molecule has 0 radical (unpaired) electrons. The lowest BCUT2D eigenvalue weighted by molar-refractivity contribution is 0.210. The van der Waals surface area contributed by atoms with E-state index in [1.807, 2.05) is 41.1 Å². The molecule has 1 aromatic carbocycles. The average Bonchev–Trinajstić information content (AvgIpc) is 3.11. The maximum atomic E-state index is 11.7. The minimum absolute atomic E-state index is 0.120. The number of sulfone groups is 1. The van der Waals surface area contributed by atoms with Crippen molar-refractivity contribution in [2.24, 2.45) is 0 Å². The van der Waals surface area contributed by atoms with Crippen molar-refractivity contribution in [3.63, 3.8) is 0 Å². The second kappa shape index (κ2) is 6.22. The molecule has 1 aliphatic heterocycles. The monoisotopic (exact) mass is 319 g/mol. The topological polar surface area (TPSA) is 55.2 Å². The van der Waals surface area contributed by atoms with Crippen LogP contribution in [0, 0.1) is 0 Å². The molecule has 0 saturated carbocycles. The molecule has 0 aliphatic carbocycles. The van der Waals surface area contributed by atoms with Crippen molar-refractivity contribution in [3.8, 4) is 5.69 Å². The molecule has 6 heteroatoms. The van der Waals surface area contributed by atoms with Crippen molar-refractivity contribution in [2.75, 3.05) is 18.1 Å². The normalized spacial score (nSPS) is 20.5. The Morgan fingerprint density at radius 3 is 2.68 bits per heavy atom. The third kappa shape index (κ3) is 3.23. The smallest absolute Gasteiger partial charge is 0.151 e. The van der Waals surface area contributed by atoms with E-state index in [1.54, 1.807) is 6.20 Å². The van der Waals surface area contributed by atoms with Crippen LogP contribution in [0.4, 0.5) is 0 Å². The highest BCUT2D eigenvalue weighted by Crippen LogP contribution is 2.20. The number of para-hydroxylation sites is 1. The summed E-state index contributed by atoms with van der Waals surface area (Å²) >= 11 is 0. The van der Waals surface area contributed by atoms with Crippen molar-refractivity contribution in [2.45, 2.75) is 25.9 Å². The summed E-state index contributed by atoms with van der Waals surface area (Å²) in [6, 6.07) is 12.1. The lowest BCUT2D eigenvalue weighted by Gasteiger charge is -2.26. The van der Waals surface area contributed by atoms with Crippen molar-refractivity contribution in [1.82, 2.24) is 14.7 Å². The van der Waals surface area contributed by atoms with Crippen molar-refractivity contribution in [3.05, 3.63) is 48.3 Å². The Hall–Kier alpha value is -1.66. The third-order valence-electron chi connectivity index (χ3n) is 4.22. The number of hydrogen-bond acceptors (Lipinski definition) is 4. The third-order valence-corrected chi connectivity index (χ3v) is 5.97. The standard InChI is InChI=1S/C16H21N3O2S/c1-2-18(16-9-11-22(20,21)13-16)12-15-8-10-17-19(15)14-6-4-3-5-7-14/h3-8,10,16H,2,9,11-13H2,1H3/t16-/m0/s1. The molecule has 1 saturated heterocycles. The second-order valence-corrected chi connectivity index (χ2v) is 7.92. The van der Waals surface area contributed by atoms with Crippen LogP contribution in [0.1, 0.15) is 19.0 Å². The Balaban J connectivity index is 1.80. The Bertz CT molecular complexity index is 725. The predicted molar refractivity (Wildman–Crippen MR) is 86.7 cm³/mol. The number of nitrogens with zero attached hydrogens (tertiary/aromatic N) is 3. The van der Waals surface area contributed by atoms with E-state index in [-0.39, 0.29) is 11.8 Å². The van der Waals surface area contributed by atoms with Gasteiger partial charge < -0.3 is 0 Å². The quantitative estimate of drug-likeness (QED) is 0.844. The highest BCUT2D eigenvalue weighted by molar-refractivity contribution is 7.91. The molecule has 0 unspecified atom stereocenters. The van der Waals surface area contributed by atoms with E-state index in [0.717, 1.165) is 24.3 Å². The van der Waals surface area contributed by atoms with Gasteiger partial charge in [-0.15, -0.1) is 0 Å². The lowest BCUT2D eigenvalue weighted by Crippen LogP contribution is -2.36. The van der Waals surface area contributed by atoms with Crippen LogP contribution in [-0.2, 0) is 16.4 Å². The van der Waals surface area contributed by atoms with Gasteiger partial charge in [0.1, 0.15) is 0 Å². The summed E-state index contributed by atoms with van der Waals surface area (Å²) in [5.74, 6) is 0.590. The van der Waals surface area contributed by atoms with Crippen molar-refractivity contribution in [1.29, 1.82) is 0 Å². The molecule has 1 atom stereocenters. The van der Waals surface area contributed by atoms with Crippen LogP contribution in [0.25, 0.3) is 5.69 Å². The van der Waals surface area contributed by atoms with Crippen LogP contribution in [0.3, 0.4) is 0 Å². The first kappa shape index (κ1) is 15.2. The Kier molecular flexibility index (Phi) is 4.31. The second-order valence-electron chi connectivity index (χ2n) is 5.69. The first-order valence-electron chi connectivity index (χ1n) is 7.62. The Morgan fingerprint density at radius 2 is 2.05 bits per heavy atom. The molecular weight excluding hydrogens is 298 g/mol. The SMILES string of the molecule is CCN(Cc1ccnn1-c1ccccc1)[C@H]1CCS(=O)(=O)C1. The summed E-state index contributed by atoms with van der Waals surface area (Å²) in [6.45, 7) is 3.62. The Morgan fingerprint density at radius 1 is 1.27 bits per heavy atom. The summed E-state index contributed by atoms with van der Waals surface area (Å²) in [5.41, 5.74) is 2.11. The zero-order valence-corrected chi connectivity index (χ0v) is 13.5. The summed E-state index contributed by atoms with van der Waals surface area (Å²) in [5, 5.41) is 4.40. The molecule has 0 N–H and O–H groups in total. The zero-order chi connectivity index (χ0) is 15.6. The van der Waals surface area contributed by atoms with Gasteiger partial charge in [0.2, 0.25) is 0 Å². The van der Waals surface area contributed by atoms with Gasteiger partial charge in [-0.05, 0) is 31.2 Å². The van der Waals surface area contributed by atoms with Crippen LogP contribution in [0.2, 0.25) is 0 Å². The van der Waals surface area contributed by atoms with Crippen molar-refractivity contribution >= 4 is 9.84 Å². The maximum Gasteiger partial charge on any atom is 0.151 e. The molecule has 1 fully saturated rings. The number of hydrogen-bond donors (Lipinski definition) is 0. The molecule has 3 rings (SSSR count). The molecule has 0 amide bonds. The fourth-order valence-electron chi connectivity index (χ4n) is 3.02. The summed E-state index contributed by atoms with van der Waals surface area (Å²) < 4.78 is 25.3. The lowest BCUT2D eigenvalue weighted by atomic mass is 10.2. The molecule has 22 heavy (non-hydrogen) atoms. The molecule has 1 aromatic heterocycles. The highest BCUT2D eigenvalue weighted by atomic mass is 32.2. The average molecular weight is 319 g/mol. The van der Waals surface area contributed by atoms with Gasteiger partial charge in [-0.25, -0.2) is 13.1 Å². The van der Waals surface area contributed by atoms with Crippen LogP contribution >= 0.6 is 0 Å². The first-order chi connectivity index (χ1) is 10.6. The minimum atomic E-state index is -2.86. The molecule has 2 heterocycles. The van der Waals surface area contributed by atoms with Crippen LogP contribution in [0.5, 0.6) is 0 Å². The molecule has 5 nitrogen and oxygen atoms in total. The van der Waals surface area contributed by atoms with Crippen LogP contribution < -0.4 is 0 Å². The van der Waals surface area contributed by atoms with Gasteiger partial charge in [-0.2, -0.15) is 5.10 Å². The molecular formula is C16H21N3O2S. The molecule has 118 valence electrons. The van der Waals surface area contributed by atoms with Gasteiger partial charge in [-0.3, -0.25) is 4.90 Å². The van der Waals surface area contributed by atoms with E-state index in [4.69, 9.17) is 0 Å². The summed E-state index contributed by atoms with van der Waals surface area (Å²) in [4.78, 5) is 2.24. The van der Waals surface area contributed by atoms with Gasteiger partial charge in [0.15, 0.2) is 9.84 Å². The van der Waals surface area contributed by atoms with Gasteiger partial charge in [0.25, 0.3) is 0 Å². The maximum absolute atomic E-state index is 11.7. The van der Waals surface area contributed by atoms with Crippen molar-refractivity contribution < 1.29 is 8.42 Å². The number of benzene rings is 1. The summed E-state index contributed by atoms with van der Waals surface area (Å²) in [7, 11) is -2.86. The first-order valence-corrected chi connectivity index (χ1v) is 9.44. The van der Waals surface area contributed by atoms with E-state index >= 15 is 0 Å². The van der Waals surface area contributed by atoms with E-state index in [9.17, 15) is 8.42 Å². The van der Waals surface area contributed by atoms with E-state index in [0.29, 0.717) is 12.3 Å². The fraction of sp³-hybridized carbons (Fsp3) is 0.438. The summed E-state index contributed by atoms with van der Waals surface area (Å²) in [6.07, 6.45) is 2.53. The van der Waals surface area contributed by atoms with E-state index in [2.05, 4.69) is 16.9 Å². The Labute approximate surface area is 131 Å². The number of aromatic nitrogens is 2. The van der Waals surface area contributed by atoms with E-state index < -0.39 is 9.84 Å². The molecule has 2 aromatic rings. The van der Waals surface area contributed by atoms with Gasteiger partial charge >= 0.3 is 0 Å². The largest absolute Gasteiger partial charge is 0.294 e. The zero-order valence-electron chi connectivity index (χ0n) is 12.7. The van der Waals surface area contributed by atoms with Crippen LogP contribution in [-0.4, -0.2) is 47.2 Å². The molecule has 0 bridgehead atoms. The minimum Gasteiger partial charge on any atom is -0.294 e. The highest BCUT2D eigenvalue weighted by Gasteiger charge is 2.31. The van der Waals surface area contributed by atoms with Gasteiger partial charge in [-0.1, -0.05) is 25.1 Å². The fourth-order valence-corrected chi connectivity index (χ4v) is 4.78. The molecule has 0 spiro atoms. The van der Waals surface area contributed by atoms with Gasteiger partial charge in [0, 0.05) is 18.8 Å². The van der Waals surface area contributed by atoms with Crippen LogP contribution in [0.15, 0.2) is 42.6 Å². The van der Waals surface area contributed by atoms with E-state index in [1.165, 1.54) is 0 Å². The number of rotatable bonds is 5. The molecule has 1 aliphatic rings.